The Bertz CT molecular complexity index is 881. The van der Waals surface area contributed by atoms with E-state index >= 15 is 0 Å². The standard InChI is InChI=1S/C17H16ClN5O/c1-22-10-13(8-19-22)6-7-17(24)21-15-9-20-23(12-15)11-14-4-2-3-5-16(14)18/h2-10,12H,11H2,1H3,(H,21,24)/b7-6+. The van der Waals surface area contributed by atoms with Crippen molar-refractivity contribution in [2.24, 2.45) is 7.05 Å². The van der Waals surface area contributed by atoms with Crippen molar-refractivity contribution in [1.29, 1.82) is 0 Å². The molecule has 0 aliphatic heterocycles. The van der Waals surface area contributed by atoms with Crippen LogP contribution in [0.25, 0.3) is 6.08 Å². The number of carbonyl (C=O) groups excluding carboxylic acids is 1. The summed E-state index contributed by atoms with van der Waals surface area (Å²) in [6.07, 6.45) is 10.0. The minimum Gasteiger partial charge on any atom is -0.320 e. The van der Waals surface area contributed by atoms with Gasteiger partial charge in [-0.3, -0.25) is 14.2 Å². The summed E-state index contributed by atoms with van der Waals surface area (Å²) in [6, 6.07) is 7.59. The molecule has 0 aliphatic carbocycles. The van der Waals surface area contributed by atoms with Crippen LogP contribution < -0.4 is 5.32 Å². The molecule has 0 saturated heterocycles. The molecule has 0 spiro atoms. The summed E-state index contributed by atoms with van der Waals surface area (Å²) in [6.45, 7) is 0.543. The number of anilines is 1. The van der Waals surface area contributed by atoms with Crippen LogP contribution in [-0.4, -0.2) is 25.5 Å². The van der Waals surface area contributed by atoms with Gasteiger partial charge in [0.05, 0.1) is 24.6 Å². The fourth-order valence-corrected chi connectivity index (χ4v) is 2.39. The average Bonchev–Trinajstić information content (AvgIpc) is 3.17. The zero-order chi connectivity index (χ0) is 16.9. The first kappa shape index (κ1) is 16.0. The third-order valence-corrected chi connectivity index (χ3v) is 3.71. The van der Waals surface area contributed by atoms with Gasteiger partial charge in [-0.15, -0.1) is 0 Å². The van der Waals surface area contributed by atoms with Crippen molar-refractivity contribution in [3.05, 3.63) is 71.3 Å². The van der Waals surface area contributed by atoms with Crippen LogP contribution in [0.2, 0.25) is 5.02 Å². The molecule has 1 aromatic carbocycles. The van der Waals surface area contributed by atoms with Gasteiger partial charge in [-0.2, -0.15) is 10.2 Å². The molecule has 0 saturated carbocycles. The van der Waals surface area contributed by atoms with Crippen molar-refractivity contribution in [3.8, 4) is 0 Å². The SMILES string of the molecule is Cn1cc(/C=C/C(=O)Nc2cnn(Cc3ccccc3Cl)c2)cn1. The quantitative estimate of drug-likeness (QED) is 0.726. The predicted octanol–water partition coefficient (Wildman–Crippen LogP) is 2.97. The summed E-state index contributed by atoms with van der Waals surface area (Å²) in [7, 11) is 1.82. The third-order valence-electron chi connectivity index (χ3n) is 3.34. The Morgan fingerprint density at radius 2 is 2.08 bits per heavy atom. The molecule has 0 atom stereocenters. The molecular formula is C17H16ClN5O. The Morgan fingerprint density at radius 3 is 2.83 bits per heavy atom. The average molecular weight is 342 g/mol. The molecule has 3 rings (SSSR count). The minimum absolute atomic E-state index is 0.226. The molecule has 122 valence electrons. The van der Waals surface area contributed by atoms with Crippen LogP contribution in [0.3, 0.4) is 0 Å². The number of hydrogen-bond acceptors (Lipinski definition) is 3. The number of halogens is 1. The maximum absolute atomic E-state index is 11.9. The number of hydrogen-bond donors (Lipinski definition) is 1. The summed E-state index contributed by atoms with van der Waals surface area (Å²) in [5, 5.41) is 11.7. The number of amides is 1. The van der Waals surface area contributed by atoms with Gasteiger partial charge in [0, 0.05) is 36.1 Å². The lowest BCUT2D eigenvalue weighted by Crippen LogP contribution is -2.07. The number of carbonyl (C=O) groups is 1. The van der Waals surface area contributed by atoms with Crippen LogP contribution in [0.15, 0.2) is 55.1 Å². The molecule has 7 heteroatoms. The first-order valence-electron chi connectivity index (χ1n) is 7.34. The highest BCUT2D eigenvalue weighted by molar-refractivity contribution is 6.31. The van der Waals surface area contributed by atoms with Gasteiger partial charge in [0.2, 0.25) is 5.91 Å². The van der Waals surface area contributed by atoms with E-state index in [0.29, 0.717) is 17.3 Å². The maximum Gasteiger partial charge on any atom is 0.248 e. The Labute approximate surface area is 144 Å². The monoisotopic (exact) mass is 341 g/mol. The van der Waals surface area contributed by atoms with Gasteiger partial charge in [-0.25, -0.2) is 0 Å². The second-order valence-electron chi connectivity index (χ2n) is 5.29. The largest absolute Gasteiger partial charge is 0.320 e. The summed E-state index contributed by atoms with van der Waals surface area (Å²) >= 11 is 6.14. The highest BCUT2D eigenvalue weighted by Gasteiger charge is 2.04. The molecule has 0 radical (unpaired) electrons. The van der Waals surface area contributed by atoms with Gasteiger partial charge in [0.25, 0.3) is 0 Å². The maximum atomic E-state index is 11.9. The first-order valence-corrected chi connectivity index (χ1v) is 7.71. The van der Waals surface area contributed by atoms with E-state index in [4.69, 9.17) is 11.6 Å². The highest BCUT2D eigenvalue weighted by Crippen LogP contribution is 2.16. The summed E-state index contributed by atoms with van der Waals surface area (Å²) < 4.78 is 3.40. The lowest BCUT2D eigenvalue weighted by molar-refractivity contribution is -0.111. The van der Waals surface area contributed by atoms with E-state index in [-0.39, 0.29) is 5.91 Å². The zero-order valence-corrected chi connectivity index (χ0v) is 13.8. The second kappa shape index (κ2) is 7.14. The molecule has 0 aliphatic rings. The van der Waals surface area contributed by atoms with E-state index in [1.807, 2.05) is 37.5 Å². The fourth-order valence-electron chi connectivity index (χ4n) is 2.20. The van der Waals surface area contributed by atoms with Crippen molar-refractivity contribution in [1.82, 2.24) is 19.6 Å². The molecule has 0 bridgehead atoms. The van der Waals surface area contributed by atoms with Crippen molar-refractivity contribution >= 4 is 29.3 Å². The van der Waals surface area contributed by atoms with Gasteiger partial charge < -0.3 is 5.32 Å². The number of aryl methyl sites for hydroxylation is 1. The molecule has 0 unspecified atom stereocenters. The van der Waals surface area contributed by atoms with Gasteiger partial charge in [0.1, 0.15) is 0 Å². The normalized spacial score (nSPS) is 11.1. The Morgan fingerprint density at radius 1 is 1.25 bits per heavy atom. The number of nitrogens with one attached hydrogen (secondary N) is 1. The van der Waals surface area contributed by atoms with Gasteiger partial charge in [0.15, 0.2) is 0 Å². The molecular weight excluding hydrogens is 326 g/mol. The van der Waals surface area contributed by atoms with Crippen LogP contribution >= 0.6 is 11.6 Å². The molecule has 24 heavy (non-hydrogen) atoms. The molecule has 2 heterocycles. The van der Waals surface area contributed by atoms with Crippen molar-refractivity contribution in [2.75, 3.05) is 5.32 Å². The van der Waals surface area contributed by atoms with Crippen molar-refractivity contribution in [2.45, 2.75) is 6.54 Å². The zero-order valence-electron chi connectivity index (χ0n) is 13.1. The van der Waals surface area contributed by atoms with E-state index in [0.717, 1.165) is 11.1 Å². The van der Waals surface area contributed by atoms with Crippen molar-refractivity contribution in [3.63, 3.8) is 0 Å². The Hall–Kier alpha value is -2.86. The Kier molecular flexibility index (Phi) is 4.77. The van der Waals surface area contributed by atoms with Gasteiger partial charge >= 0.3 is 0 Å². The number of nitrogens with zero attached hydrogens (tertiary/aromatic N) is 4. The topological polar surface area (TPSA) is 64.7 Å². The van der Waals surface area contributed by atoms with E-state index in [1.165, 1.54) is 6.08 Å². The summed E-state index contributed by atoms with van der Waals surface area (Å²) in [5.74, 6) is -0.226. The van der Waals surface area contributed by atoms with Crippen molar-refractivity contribution < 1.29 is 4.79 Å². The van der Waals surface area contributed by atoms with E-state index in [2.05, 4.69) is 15.5 Å². The molecule has 3 aromatic rings. The first-order chi connectivity index (χ1) is 11.6. The lowest BCUT2D eigenvalue weighted by Gasteiger charge is -2.03. The molecule has 1 N–H and O–H groups in total. The highest BCUT2D eigenvalue weighted by atomic mass is 35.5. The number of benzene rings is 1. The molecule has 6 nitrogen and oxygen atoms in total. The van der Waals surface area contributed by atoms with E-state index < -0.39 is 0 Å². The number of rotatable bonds is 5. The third kappa shape index (κ3) is 4.11. The molecule has 0 fully saturated rings. The van der Waals surface area contributed by atoms with Crippen LogP contribution in [0.4, 0.5) is 5.69 Å². The fraction of sp³-hybridized carbons (Fsp3) is 0.118. The summed E-state index contributed by atoms with van der Waals surface area (Å²) in [5.41, 5.74) is 2.46. The Balaban J connectivity index is 1.60. The van der Waals surface area contributed by atoms with E-state index in [1.54, 1.807) is 34.0 Å². The number of aromatic nitrogens is 4. The van der Waals surface area contributed by atoms with Crippen LogP contribution in [0.5, 0.6) is 0 Å². The molecule has 1 amide bonds. The van der Waals surface area contributed by atoms with Crippen LogP contribution in [0.1, 0.15) is 11.1 Å². The predicted molar refractivity (Wildman–Crippen MR) is 93.7 cm³/mol. The van der Waals surface area contributed by atoms with E-state index in [9.17, 15) is 4.79 Å². The van der Waals surface area contributed by atoms with Gasteiger partial charge in [-0.05, 0) is 17.7 Å². The smallest absolute Gasteiger partial charge is 0.248 e. The molecule has 2 aromatic heterocycles. The minimum atomic E-state index is -0.226. The summed E-state index contributed by atoms with van der Waals surface area (Å²) in [4.78, 5) is 11.9. The lowest BCUT2D eigenvalue weighted by atomic mass is 10.2. The van der Waals surface area contributed by atoms with Crippen LogP contribution in [-0.2, 0) is 18.4 Å². The second-order valence-corrected chi connectivity index (χ2v) is 5.70. The van der Waals surface area contributed by atoms with Crippen LogP contribution in [0, 0.1) is 0 Å². The van der Waals surface area contributed by atoms with Gasteiger partial charge in [-0.1, -0.05) is 29.8 Å².